The van der Waals surface area contributed by atoms with Gasteiger partial charge in [0.1, 0.15) is 35.3 Å². The molecule has 6 nitrogen and oxygen atoms in total. The Bertz CT molecular complexity index is 974. The largest absolute Gasteiger partial charge is 0.426 e. The van der Waals surface area contributed by atoms with Gasteiger partial charge in [0.25, 0.3) is 0 Å². The van der Waals surface area contributed by atoms with Crippen LogP contribution in [0.5, 0.6) is 11.5 Å². The number of halogens is 2. The van der Waals surface area contributed by atoms with Crippen LogP contribution in [0.3, 0.4) is 0 Å². The van der Waals surface area contributed by atoms with E-state index in [4.69, 9.17) is 20.0 Å². The van der Waals surface area contributed by atoms with E-state index in [0.29, 0.717) is 12.8 Å². The highest BCUT2D eigenvalue weighted by molar-refractivity contribution is 5.72. The van der Waals surface area contributed by atoms with E-state index in [0.717, 1.165) is 44.2 Å². The molecule has 2 aromatic rings. The van der Waals surface area contributed by atoms with Crippen molar-refractivity contribution in [1.82, 2.24) is 0 Å². The number of carbonyl (C=O) groups excluding carboxylic acids is 2. The normalized spacial score (nSPS) is 10.2. The summed E-state index contributed by atoms with van der Waals surface area (Å²) in [6, 6.07) is 10.8. The van der Waals surface area contributed by atoms with Gasteiger partial charge < -0.3 is 9.47 Å². The van der Waals surface area contributed by atoms with Crippen LogP contribution in [0.2, 0.25) is 0 Å². The minimum atomic E-state index is -0.723. The lowest BCUT2D eigenvalue weighted by Crippen LogP contribution is -2.08. The number of carbonyl (C=O) groups is 2. The number of nitrogens with zero attached hydrogens (tertiary/aromatic N) is 2. The molecule has 0 saturated heterocycles. The topological polar surface area (TPSA) is 100 Å². The molecule has 0 heterocycles. The van der Waals surface area contributed by atoms with E-state index in [-0.39, 0.29) is 35.5 Å². The Kier molecular flexibility index (Phi) is 10.5. The summed E-state index contributed by atoms with van der Waals surface area (Å²) in [6.45, 7) is 0. The zero-order valence-corrected chi connectivity index (χ0v) is 18.1. The lowest BCUT2D eigenvalue weighted by atomic mass is 10.1. The molecule has 2 rings (SSSR count). The first kappa shape index (κ1) is 25.5. The first-order valence-electron chi connectivity index (χ1n) is 10.7. The summed E-state index contributed by atoms with van der Waals surface area (Å²) in [5.74, 6) is -2.17. The van der Waals surface area contributed by atoms with Crippen molar-refractivity contribution in [1.29, 1.82) is 10.5 Å². The Morgan fingerprint density at radius 2 is 1.03 bits per heavy atom. The number of rotatable bonds is 12. The van der Waals surface area contributed by atoms with Gasteiger partial charge in [-0.1, -0.05) is 32.1 Å². The first-order valence-corrected chi connectivity index (χ1v) is 10.7. The van der Waals surface area contributed by atoms with Crippen LogP contribution in [0.4, 0.5) is 8.78 Å². The second-order valence-corrected chi connectivity index (χ2v) is 7.43. The summed E-state index contributed by atoms with van der Waals surface area (Å²) in [4.78, 5) is 23.6. The number of hydrogen-bond donors (Lipinski definition) is 0. The van der Waals surface area contributed by atoms with Crippen molar-refractivity contribution in [3.63, 3.8) is 0 Å². The fraction of sp³-hybridized carbons (Fsp3) is 0.360. The molecular weight excluding hydrogens is 430 g/mol. The Morgan fingerprint density at radius 3 is 1.36 bits per heavy atom. The molecule has 0 fully saturated rings. The number of nitriles is 2. The Morgan fingerprint density at radius 1 is 0.667 bits per heavy atom. The second-order valence-electron chi connectivity index (χ2n) is 7.43. The van der Waals surface area contributed by atoms with Gasteiger partial charge in [0.2, 0.25) is 0 Å². The molecular formula is C25H24F2N2O4. The molecule has 8 heteroatoms. The lowest BCUT2D eigenvalue weighted by Gasteiger charge is -2.06. The van der Waals surface area contributed by atoms with Crippen molar-refractivity contribution in [2.75, 3.05) is 0 Å². The molecule has 0 aliphatic heterocycles. The van der Waals surface area contributed by atoms with E-state index in [1.165, 1.54) is 24.3 Å². The molecule has 0 N–H and O–H groups in total. The van der Waals surface area contributed by atoms with Crippen LogP contribution < -0.4 is 9.47 Å². The van der Waals surface area contributed by atoms with Crippen LogP contribution in [0.25, 0.3) is 0 Å². The fourth-order valence-corrected chi connectivity index (χ4v) is 3.09. The highest BCUT2D eigenvalue weighted by atomic mass is 19.1. The van der Waals surface area contributed by atoms with Crippen LogP contribution in [-0.4, -0.2) is 11.9 Å². The van der Waals surface area contributed by atoms with Crippen LogP contribution >= 0.6 is 0 Å². The molecule has 0 aromatic heterocycles. The van der Waals surface area contributed by atoms with Gasteiger partial charge in [-0.2, -0.15) is 10.5 Å². The number of ether oxygens (including phenoxy) is 2. The molecule has 0 spiro atoms. The summed E-state index contributed by atoms with van der Waals surface area (Å²) >= 11 is 0. The van der Waals surface area contributed by atoms with E-state index < -0.39 is 23.6 Å². The molecule has 172 valence electrons. The quantitative estimate of drug-likeness (QED) is 0.231. The Labute approximate surface area is 191 Å². The van der Waals surface area contributed by atoms with Gasteiger partial charge in [-0.25, -0.2) is 8.78 Å². The molecule has 2 aromatic carbocycles. The zero-order chi connectivity index (χ0) is 24.1. The molecule has 33 heavy (non-hydrogen) atoms. The van der Waals surface area contributed by atoms with Crippen molar-refractivity contribution >= 4 is 11.9 Å². The Hall–Kier alpha value is -3.78. The number of esters is 2. The molecule has 0 atom stereocenters. The number of benzene rings is 2. The molecule has 0 radical (unpaired) electrons. The van der Waals surface area contributed by atoms with Crippen LogP contribution in [0.1, 0.15) is 68.9 Å². The van der Waals surface area contributed by atoms with Gasteiger partial charge in [0, 0.05) is 25.0 Å². The summed E-state index contributed by atoms with van der Waals surface area (Å²) < 4.78 is 37.1. The standard InChI is InChI=1S/C25H24F2N2O4/c26-22-14-20(12-10-18(22)16-28)32-24(30)8-6-4-2-1-3-5-7-9-25(31)33-21-13-11-19(17-29)23(27)15-21/h10-15H,1-9H2. The van der Waals surface area contributed by atoms with E-state index in [9.17, 15) is 18.4 Å². The monoisotopic (exact) mass is 454 g/mol. The van der Waals surface area contributed by atoms with Crippen molar-refractivity contribution in [3.05, 3.63) is 59.2 Å². The zero-order valence-electron chi connectivity index (χ0n) is 18.1. The predicted octanol–water partition coefficient (Wildman–Crippen LogP) is 5.73. The average molecular weight is 454 g/mol. The highest BCUT2D eigenvalue weighted by Gasteiger charge is 2.09. The van der Waals surface area contributed by atoms with Gasteiger partial charge >= 0.3 is 11.9 Å². The number of hydrogen-bond acceptors (Lipinski definition) is 6. The van der Waals surface area contributed by atoms with Crippen molar-refractivity contribution in [2.45, 2.75) is 57.8 Å². The lowest BCUT2D eigenvalue weighted by molar-refractivity contribution is -0.135. The maximum atomic E-state index is 13.5. The summed E-state index contributed by atoms with van der Waals surface area (Å²) in [6.07, 6.45) is 6.31. The SMILES string of the molecule is N#Cc1ccc(OC(=O)CCCCCCCCCC(=O)Oc2ccc(C#N)c(F)c2)cc1F. The number of unbranched alkanes of at least 4 members (excludes halogenated alkanes) is 6. The molecule has 0 bridgehead atoms. The summed E-state index contributed by atoms with van der Waals surface area (Å²) in [7, 11) is 0. The second kappa shape index (κ2) is 13.6. The molecule has 0 aliphatic carbocycles. The third kappa shape index (κ3) is 9.08. The van der Waals surface area contributed by atoms with Gasteiger partial charge in [-0.3, -0.25) is 9.59 Å². The third-order valence-corrected chi connectivity index (χ3v) is 4.85. The molecule has 0 amide bonds. The van der Waals surface area contributed by atoms with Gasteiger partial charge in [0.05, 0.1) is 11.1 Å². The average Bonchev–Trinajstić information content (AvgIpc) is 2.78. The summed E-state index contributed by atoms with van der Waals surface area (Å²) in [5, 5.41) is 17.4. The maximum Gasteiger partial charge on any atom is 0.311 e. The smallest absolute Gasteiger partial charge is 0.311 e. The van der Waals surface area contributed by atoms with E-state index in [1.807, 2.05) is 0 Å². The molecule has 0 saturated carbocycles. The minimum Gasteiger partial charge on any atom is -0.426 e. The van der Waals surface area contributed by atoms with Crippen molar-refractivity contribution < 1.29 is 27.8 Å². The van der Waals surface area contributed by atoms with E-state index in [1.54, 1.807) is 12.1 Å². The Balaban J connectivity index is 1.50. The first-order chi connectivity index (χ1) is 15.9. The predicted molar refractivity (Wildman–Crippen MR) is 115 cm³/mol. The minimum absolute atomic E-state index is 0.0827. The van der Waals surface area contributed by atoms with Crippen LogP contribution in [-0.2, 0) is 9.59 Å². The molecule has 0 unspecified atom stereocenters. The van der Waals surface area contributed by atoms with Crippen molar-refractivity contribution in [3.8, 4) is 23.6 Å². The highest BCUT2D eigenvalue weighted by Crippen LogP contribution is 2.19. The van der Waals surface area contributed by atoms with E-state index >= 15 is 0 Å². The van der Waals surface area contributed by atoms with Gasteiger partial charge in [-0.15, -0.1) is 0 Å². The van der Waals surface area contributed by atoms with Crippen molar-refractivity contribution in [2.24, 2.45) is 0 Å². The van der Waals surface area contributed by atoms with Gasteiger partial charge in [0.15, 0.2) is 0 Å². The van der Waals surface area contributed by atoms with Crippen LogP contribution in [0, 0.1) is 34.3 Å². The fourth-order valence-electron chi connectivity index (χ4n) is 3.09. The van der Waals surface area contributed by atoms with Crippen LogP contribution in [0.15, 0.2) is 36.4 Å². The third-order valence-electron chi connectivity index (χ3n) is 4.85. The summed E-state index contributed by atoms with van der Waals surface area (Å²) in [5.41, 5.74) is -0.207. The van der Waals surface area contributed by atoms with E-state index in [2.05, 4.69) is 0 Å². The van der Waals surface area contributed by atoms with Gasteiger partial charge in [-0.05, 0) is 37.1 Å². The maximum absolute atomic E-state index is 13.5. The molecule has 0 aliphatic rings.